The van der Waals surface area contributed by atoms with E-state index in [1.165, 1.54) is 30.4 Å². The van der Waals surface area contributed by atoms with Crippen LogP contribution in [0.2, 0.25) is 0 Å². The van der Waals surface area contributed by atoms with Crippen molar-refractivity contribution in [2.24, 2.45) is 5.73 Å². The highest BCUT2D eigenvalue weighted by Crippen LogP contribution is 2.31. The molecule has 0 amide bonds. The van der Waals surface area contributed by atoms with Crippen molar-refractivity contribution in [2.45, 2.75) is 31.7 Å². The Morgan fingerprint density at radius 3 is 2.90 bits per heavy atom. The lowest BCUT2D eigenvalue weighted by Gasteiger charge is -2.25. The van der Waals surface area contributed by atoms with E-state index < -0.39 is 0 Å². The minimum Gasteiger partial charge on any atom is -0.491 e. The van der Waals surface area contributed by atoms with Crippen LogP contribution in [0.3, 0.4) is 0 Å². The minimum absolute atomic E-state index is 0.469. The number of rotatable bonds is 4. The van der Waals surface area contributed by atoms with Gasteiger partial charge in [-0.25, -0.2) is 0 Å². The van der Waals surface area contributed by atoms with Crippen LogP contribution in [-0.4, -0.2) is 11.6 Å². The third-order valence-electron chi connectivity index (χ3n) is 3.95. The van der Waals surface area contributed by atoms with Crippen molar-refractivity contribution in [2.75, 3.05) is 6.61 Å². The first kappa shape index (κ1) is 13.1. The standard InChI is InChI=1S/C17H20N2O/c18-10-15-8-9-16(11-19-15)20-12-14-6-3-5-13-4-1-2-7-17(13)14/h1-2,4,7-9,11,14H,3,5-6,10,12,18H2. The zero-order valence-electron chi connectivity index (χ0n) is 11.6. The Bertz CT molecular complexity index is 565. The minimum atomic E-state index is 0.469. The number of aromatic nitrogens is 1. The quantitative estimate of drug-likeness (QED) is 0.927. The number of nitrogens with two attached hydrogens (primary N) is 1. The van der Waals surface area contributed by atoms with E-state index >= 15 is 0 Å². The van der Waals surface area contributed by atoms with Crippen LogP contribution in [0.5, 0.6) is 5.75 Å². The van der Waals surface area contributed by atoms with Crippen LogP contribution >= 0.6 is 0 Å². The van der Waals surface area contributed by atoms with Crippen LogP contribution in [0.4, 0.5) is 0 Å². The molecule has 0 spiro atoms. The second kappa shape index (κ2) is 6.06. The van der Waals surface area contributed by atoms with Crippen LogP contribution in [0.15, 0.2) is 42.6 Å². The van der Waals surface area contributed by atoms with Crippen molar-refractivity contribution in [3.63, 3.8) is 0 Å². The summed E-state index contributed by atoms with van der Waals surface area (Å²) >= 11 is 0. The predicted molar refractivity (Wildman–Crippen MR) is 79.7 cm³/mol. The summed E-state index contributed by atoms with van der Waals surface area (Å²) in [5, 5.41) is 0. The average molecular weight is 268 g/mol. The lowest BCUT2D eigenvalue weighted by Crippen LogP contribution is -2.16. The summed E-state index contributed by atoms with van der Waals surface area (Å²) in [4.78, 5) is 4.26. The Morgan fingerprint density at radius 2 is 2.10 bits per heavy atom. The summed E-state index contributed by atoms with van der Waals surface area (Å²) in [7, 11) is 0. The van der Waals surface area contributed by atoms with E-state index in [2.05, 4.69) is 29.2 Å². The van der Waals surface area contributed by atoms with Gasteiger partial charge in [-0.05, 0) is 42.5 Å². The number of hydrogen-bond donors (Lipinski definition) is 1. The maximum atomic E-state index is 5.90. The number of nitrogens with zero attached hydrogens (tertiary/aromatic N) is 1. The Balaban J connectivity index is 1.66. The molecule has 1 aliphatic rings. The van der Waals surface area contributed by atoms with Crippen LogP contribution < -0.4 is 10.5 Å². The Labute approximate surface area is 119 Å². The SMILES string of the molecule is NCc1ccc(OCC2CCCc3ccccc32)cn1. The molecule has 20 heavy (non-hydrogen) atoms. The molecule has 2 aromatic rings. The Kier molecular flexibility index (Phi) is 3.97. The molecule has 0 bridgehead atoms. The van der Waals surface area contributed by atoms with E-state index in [4.69, 9.17) is 10.5 Å². The van der Waals surface area contributed by atoms with Gasteiger partial charge < -0.3 is 10.5 Å². The fourth-order valence-corrected chi connectivity index (χ4v) is 2.84. The monoisotopic (exact) mass is 268 g/mol. The first-order valence-electron chi connectivity index (χ1n) is 7.22. The maximum Gasteiger partial charge on any atom is 0.137 e. The summed E-state index contributed by atoms with van der Waals surface area (Å²) in [6.45, 7) is 1.19. The average Bonchev–Trinajstić information content (AvgIpc) is 2.53. The largest absolute Gasteiger partial charge is 0.491 e. The van der Waals surface area contributed by atoms with Gasteiger partial charge in [0, 0.05) is 12.5 Å². The lowest BCUT2D eigenvalue weighted by molar-refractivity contribution is 0.273. The zero-order chi connectivity index (χ0) is 13.8. The summed E-state index contributed by atoms with van der Waals surface area (Å²) in [6.07, 6.45) is 5.40. The lowest BCUT2D eigenvalue weighted by atomic mass is 9.83. The maximum absolute atomic E-state index is 5.90. The van der Waals surface area contributed by atoms with Gasteiger partial charge in [0.2, 0.25) is 0 Å². The molecule has 0 fully saturated rings. The summed E-state index contributed by atoms with van der Waals surface area (Å²) < 4.78 is 5.90. The van der Waals surface area contributed by atoms with E-state index in [-0.39, 0.29) is 0 Å². The van der Waals surface area contributed by atoms with Gasteiger partial charge in [0.05, 0.1) is 18.5 Å². The van der Waals surface area contributed by atoms with Gasteiger partial charge in [0.25, 0.3) is 0 Å². The van der Waals surface area contributed by atoms with Gasteiger partial charge in [-0.2, -0.15) is 0 Å². The number of benzene rings is 1. The smallest absolute Gasteiger partial charge is 0.137 e. The Hall–Kier alpha value is -1.87. The van der Waals surface area contributed by atoms with Crippen LogP contribution in [0.25, 0.3) is 0 Å². The highest BCUT2D eigenvalue weighted by Gasteiger charge is 2.20. The second-order valence-corrected chi connectivity index (χ2v) is 5.29. The molecular weight excluding hydrogens is 248 g/mol. The molecule has 1 atom stereocenters. The second-order valence-electron chi connectivity index (χ2n) is 5.29. The molecule has 1 heterocycles. The molecule has 0 saturated carbocycles. The van der Waals surface area contributed by atoms with E-state index in [0.717, 1.165) is 18.1 Å². The van der Waals surface area contributed by atoms with Crippen molar-refractivity contribution < 1.29 is 4.74 Å². The normalized spacial score (nSPS) is 17.6. The molecule has 1 unspecified atom stereocenters. The van der Waals surface area contributed by atoms with Crippen LogP contribution in [0.1, 0.15) is 35.6 Å². The molecule has 0 saturated heterocycles. The molecule has 3 heteroatoms. The van der Waals surface area contributed by atoms with Gasteiger partial charge in [-0.1, -0.05) is 24.3 Å². The van der Waals surface area contributed by atoms with Crippen molar-refractivity contribution in [1.82, 2.24) is 4.98 Å². The molecule has 104 valence electrons. The van der Waals surface area contributed by atoms with Crippen molar-refractivity contribution in [3.05, 3.63) is 59.4 Å². The van der Waals surface area contributed by atoms with Crippen LogP contribution in [-0.2, 0) is 13.0 Å². The highest BCUT2D eigenvalue weighted by atomic mass is 16.5. The number of aryl methyl sites for hydroxylation is 1. The van der Waals surface area contributed by atoms with Gasteiger partial charge in [0.1, 0.15) is 5.75 Å². The van der Waals surface area contributed by atoms with Crippen molar-refractivity contribution >= 4 is 0 Å². The number of ether oxygens (including phenoxy) is 1. The topological polar surface area (TPSA) is 48.1 Å². The summed E-state index contributed by atoms with van der Waals surface area (Å²) in [5.41, 5.74) is 9.35. The van der Waals surface area contributed by atoms with E-state index in [9.17, 15) is 0 Å². The molecular formula is C17H20N2O. The first-order valence-corrected chi connectivity index (χ1v) is 7.22. The number of hydrogen-bond acceptors (Lipinski definition) is 3. The van der Waals surface area contributed by atoms with E-state index in [1.807, 2.05) is 12.1 Å². The predicted octanol–water partition coefficient (Wildman–Crippen LogP) is 3.04. The summed E-state index contributed by atoms with van der Waals surface area (Å²) in [6, 6.07) is 12.6. The van der Waals surface area contributed by atoms with Crippen molar-refractivity contribution in [3.8, 4) is 5.75 Å². The first-order chi connectivity index (χ1) is 9.86. The zero-order valence-corrected chi connectivity index (χ0v) is 11.6. The third kappa shape index (κ3) is 2.83. The fourth-order valence-electron chi connectivity index (χ4n) is 2.84. The van der Waals surface area contributed by atoms with E-state index in [1.54, 1.807) is 6.20 Å². The molecule has 0 radical (unpaired) electrons. The van der Waals surface area contributed by atoms with Gasteiger partial charge in [-0.15, -0.1) is 0 Å². The third-order valence-corrected chi connectivity index (χ3v) is 3.95. The van der Waals surface area contributed by atoms with Gasteiger partial charge in [-0.3, -0.25) is 4.98 Å². The fraction of sp³-hybridized carbons (Fsp3) is 0.353. The van der Waals surface area contributed by atoms with Crippen LogP contribution in [0, 0.1) is 0 Å². The molecule has 1 aromatic carbocycles. The van der Waals surface area contributed by atoms with E-state index in [0.29, 0.717) is 12.5 Å². The molecule has 3 rings (SSSR count). The van der Waals surface area contributed by atoms with Crippen molar-refractivity contribution in [1.29, 1.82) is 0 Å². The summed E-state index contributed by atoms with van der Waals surface area (Å²) in [5.74, 6) is 1.32. The Morgan fingerprint density at radius 1 is 1.20 bits per heavy atom. The number of pyridine rings is 1. The molecule has 1 aliphatic carbocycles. The molecule has 1 aromatic heterocycles. The molecule has 0 aliphatic heterocycles. The number of fused-ring (bicyclic) bond motifs is 1. The highest BCUT2D eigenvalue weighted by molar-refractivity contribution is 5.33. The van der Waals surface area contributed by atoms with Gasteiger partial charge >= 0.3 is 0 Å². The van der Waals surface area contributed by atoms with Gasteiger partial charge in [0.15, 0.2) is 0 Å². The molecule has 2 N–H and O–H groups in total. The molecule has 3 nitrogen and oxygen atoms in total.